The lowest BCUT2D eigenvalue weighted by Gasteiger charge is -2.12. The number of nitrogens with one attached hydrogen (secondary N) is 1. The van der Waals surface area contributed by atoms with Gasteiger partial charge in [0, 0.05) is 17.0 Å². The second-order valence-electron chi connectivity index (χ2n) is 4.58. The summed E-state index contributed by atoms with van der Waals surface area (Å²) >= 11 is 0.539. The van der Waals surface area contributed by atoms with Crippen LogP contribution in [0.1, 0.15) is 18.1 Å². The van der Waals surface area contributed by atoms with Gasteiger partial charge in [0.05, 0.1) is 5.69 Å². The summed E-state index contributed by atoms with van der Waals surface area (Å²) in [7, 11) is 0. The first-order chi connectivity index (χ1) is 10.0. The van der Waals surface area contributed by atoms with E-state index in [4.69, 9.17) is 0 Å². The minimum Gasteiger partial charge on any atom is -0.369 e. The van der Waals surface area contributed by atoms with Crippen LogP contribution in [0.5, 0.6) is 0 Å². The molecule has 0 aliphatic heterocycles. The summed E-state index contributed by atoms with van der Waals surface area (Å²) in [6.07, 6.45) is 0. The minimum atomic E-state index is -2.40. The highest BCUT2D eigenvalue weighted by Crippen LogP contribution is 2.30. The summed E-state index contributed by atoms with van der Waals surface area (Å²) in [4.78, 5) is 0.542. The van der Waals surface area contributed by atoms with Crippen LogP contribution in [0.2, 0.25) is 0 Å². The fourth-order valence-electron chi connectivity index (χ4n) is 2.01. The van der Waals surface area contributed by atoms with Crippen LogP contribution in [0.4, 0.5) is 14.6 Å². The van der Waals surface area contributed by atoms with E-state index in [2.05, 4.69) is 15.5 Å². The normalized spacial score (nSPS) is 11.0. The van der Waals surface area contributed by atoms with Gasteiger partial charge in [-0.3, -0.25) is 0 Å². The standard InChI is InChI=1S/C15H17F2N3S/c1-4-18-14-10(3)9(2)13(19-20-14)11-5-7-12(8-6-11)21-15(16)17/h5-8,15H,4H2,1-3H3,(H,18,20). The van der Waals surface area contributed by atoms with Crippen molar-refractivity contribution in [3.8, 4) is 11.3 Å². The van der Waals surface area contributed by atoms with Crippen molar-refractivity contribution in [1.29, 1.82) is 0 Å². The summed E-state index contributed by atoms with van der Waals surface area (Å²) in [6, 6.07) is 6.96. The zero-order valence-electron chi connectivity index (χ0n) is 12.2. The van der Waals surface area contributed by atoms with Crippen LogP contribution in [0, 0.1) is 13.8 Å². The molecule has 0 radical (unpaired) electrons. The average Bonchev–Trinajstić information content (AvgIpc) is 2.45. The van der Waals surface area contributed by atoms with Gasteiger partial charge in [0.1, 0.15) is 0 Å². The van der Waals surface area contributed by atoms with Gasteiger partial charge in [0.2, 0.25) is 0 Å². The van der Waals surface area contributed by atoms with Crippen molar-refractivity contribution >= 4 is 17.6 Å². The average molecular weight is 309 g/mol. The van der Waals surface area contributed by atoms with Crippen LogP contribution < -0.4 is 5.32 Å². The predicted octanol–water partition coefficient (Wildman–Crippen LogP) is 4.51. The third-order valence-corrected chi connectivity index (χ3v) is 3.94. The highest BCUT2D eigenvalue weighted by molar-refractivity contribution is 7.99. The number of halogens is 2. The molecule has 21 heavy (non-hydrogen) atoms. The highest BCUT2D eigenvalue weighted by atomic mass is 32.2. The van der Waals surface area contributed by atoms with Gasteiger partial charge in [-0.15, -0.1) is 10.2 Å². The van der Waals surface area contributed by atoms with E-state index in [1.54, 1.807) is 24.3 Å². The monoisotopic (exact) mass is 309 g/mol. The number of benzene rings is 1. The molecule has 6 heteroatoms. The Morgan fingerprint density at radius 2 is 1.76 bits per heavy atom. The fourth-order valence-corrected chi connectivity index (χ4v) is 2.51. The van der Waals surface area contributed by atoms with Crippen molar-refractivity contribution in [2.24, 2.45) is 0 Å². The highest BCUT2D eigenvalue weighted by Gasteiger charge is 2.11. The maximum Gasteiger partial charge on any atom is 0.288 e. The topological polar surface area (TPSA) is 37.8 Å². The molecule has 112 valence electrons. The van der Waals surface area contributed by atoms with Crippen LogP contribution in [-0.2, 0) is 0 Å². The van der Waals surface area contributed by atoms with Crippen molar-refractivity contribution in [2.45, 2.75) is 31.4 Å². The van der Waals surface area contributed by atoms with Crippen molar-refractivity contribution in [3.05, 3.63) is 35.4 Å². The Morgan fingerprint density at radius 3 is 2.33 bits per heavy atom. The van der Waals surface area contributed by atoms with Gasteiger partial charge in [-0.25, -0.2) is 0 Å². The van der Waals surface area contributed by atoms with E-state index in [0.29, 0.717) is 16.7 Å². The van der Waals surface area contributed by atoms with E-state index in [-0.39, 0.29) is 0 Å². The SMILES string of the molecule is CCNc1nnc(-c2ccc(SC(F)F)cc2)c(C)c1C. The van der Waals surface area contributed by atoms with Gasteiger partial charge in [-0.1, -0.05) is 23.9 Å². The van der Waals surface area contributed by atoms with Crippen molar-refractivity contribution in [2.75, 3.05) is 11.9 Å². The van der Waals surface area contributed by atoms with Gasteiger partial charge in [-0.2, -0.15) is 8.78 Å². The van der Waals surface area contributed by atoms with E-state index in [1.165, 1.54) is 0 Å². The third-order valence-electron chi connectivity index (χ3n) is 3.22. The molecule has 1 aromatic heterocycles. The van der Waals surface area contributed by atoms with Gasteiger partial charge in [0.25, 0.3) is 5.76 Å². The molecule has 0 fully saturated rings. The maximum atomic E-state index is 12.3. The van der Waals surface area contributed by atoms with E-state index in [0.717, 1.165) is 34.7 Å². The molecule has 3 nitrogen and oxygen atoms in total. The summed E-state index contributed by atoms with van der Waals surface area (Å²) in [5.41, 5.74) is 3.75. The number of alkyl halides is 2. The number of rotatable bonds is 5. The number of nitrogens with zero attached hydrogens (tertiary/aromatic N) is 2. The Labute approximate surface area is 127 Å². The molecule has 0 atom stereocenters. The molecule has 0 aliphatic carbocycles. The Bertz CT molecular complexity index is 615. The molecule has 2 rings (SSSR count). The number of thioether (sulfide) groups is 1. The summed E-state index contributed by atoms with van der Waals surface area (Å²) in [6.45, 7) is 6.77. The summed E-state index contributed by atoms with van der Waals surface area (Å²) in [5, 5.41) is 11.6. The lowest BCUT2D eigenvalue weighted by atomic mass is 10.0. The Kier molecular flexibility index (Phi) is 5.12. The van der Waals surface area contributed by atoms with Crippen molar-refractivity contribution < 1.29 is 8.78 Å². The number of anilines is 1. The summed E-state index contributed by atoms with van der Waals surface area (Å²) in [5.74, 6) is -1.62. The van der Waals surface area contributed by atoms with Gasteiger partial charge in [-0.05, 0) is 44.0 Å². The van der Waals surface area contributed by atoms with Crippen LogP contribution in [0.25, 0.3) is 11.3 Å². The summed E-state index contributed by atoms with van der Waals surface area (Å²) < 4.78 is 24.6. The van der Waals surface area contributed by atoms with E-state index in [9.17, 15) is 8.78 Å². The molecule has 0 saturated heterocycles. The number of hydrogen-bond acceptors (Lipinski definition) is 4. The van der Waals surface area contributed by atoms with Gasteiger partial charge >= 0.3 is 0 Å². The molecular formula is C15H17F2N3S. The van der Waals surface area contributed by atoms with E-state index < -0.39 is 5.76 Å². The maximum absolute atomic E-state index is 12.3. The van der Waals surface area contributed by atoms with Crippen LogP contribution in [0.3, 0.4) is 0 Å². The minimum absolute atomic E-state index is 0.539. The molecule has 0 unspecified atom stereocenters. The molecule has 0 bridgehead atoms. The molecular weight excluding hydrogens is 292 g/mol. The molecule has 0 amide bonds. The Morgan fingerprint density at radius 1 is 1.10 bits per heavy atom. The first-order valence-electron chi connectivity index (χ1n) is 6.66. The van der Waals surface area contributed by atoms with E-state index in [1.807, 2.05) is 20.8 Å². The van der Waals surface area contributed by atoms with Crippen molar-refractivity contribution in [3.63, 3.8) is 0 Å². The number of hydrogen-bond donors (Lipinski definition) is 1. The fraction of sp³-hybridized carbons (Fsp3) is 0.333. The van der Waals surface area contributed by atoms with E-state index >= 15 is 0 Å². The van der Waals surface area contributed by atoms with Crippen LogP contribution in [0.15, 0.2) is 29.2 Å². The first-order valence-corrected chi connectivity index (χ1v) is 7.54. The third kappa shape index (κ3) is 3.69. The largest absolute Gasteiger partial charge is 0.369 e. The van der Waals surface area contributed by atoms with Crippen LogP contribution in [-0.4, -0.2) is 22.5 Å². The number of aromatic nitrogens is 2. The lowest BCUT2D eigenvalue weighted by molar-refractivity contribution is 0.252. The van der Waals surface area contributed by atoms with Crippen LogP contribution >= 0.6 is 11.8 Å². The molecule has 0 aliphatic rings. The Balaban J connectivity index is 2.31. The lowest BCUT2D eigenvalue weighted by Crippen LogP contribution is -2.06. The molecule has 1 N–H and O–H groups in total. The molecule has 0 saturated carbocycles. The van der Waals surface area contributed by atoms with Gasteiger partial charge < -0.3 is 5.32 Å². The first kappa shape index (κ1) is 15.7. The molecule has 1 heterocycles. The molecule has 0 spiro atoms. The molecule has 1 aromatic carbocycles. The Hall–Kier alpha value is -1.69. The second-order valence-corrected chi connectivity index (χ2v) is 5.64. The zero-order valence-corrected chi connectivity index (χ0v) is 13.0. The van der Waals surface area contributed by atoms with Crippen molar-refractivity contribution in [1.82, 2.24) is 10.2 Å². The van der Waals surface area contributed by atoms with Gasteiger partial charge in [0.15, 0.2) is 5.82 Å². The zero-order chi connectivity index (χ0) is 15.4. The quantitative estimate of drug-likeness (QED) is 0.825. The predicted molar refractivity (Wildman–Crippen MR) is 83.0 cm³/mol. The second kappa shape index (κ2) is 6.85. The molecule has 2 aromatic rings. The smallest absolute Gasteiger partial charge is 0.288 e.